The van der Waals surface area contributed by atoms with Crippen molar-refractivity contribution in [3.63, 3.8) is 0 Å². The van der Waals surface area contributed by atoms with Gasteiger partial charge in [0.25, 0.3) is 0 Å². The Morgan fingerprint density at radius 1 is 1.39 bits per heavy atom. The fourth-order valence-corrected chi connectivity index (χ4v) is 3.38. The van der Waals surface area contributed by atoms with E-state index in [4.69, 9.17) is 16.3 Å². The van der Waals surface area contributed by atoms with Gasteiger partial charge in [0.2, 0.25) is 0 Å². The van der Waals surface area contributed by atoms with Crippen LogP contribution >= 0.6 is 27.5 Å². The zero-order valence-corrected chi connectivity index (χ0v) is 13.1. The van der Waals surface area contributed by atoms with Crippen molar-refractivity contribution in [2.24, 2.45) is 11.8 Å². The molecule has 0 spiro atoms. The van der Waals surface area contributed by atoms with Crippen LogP contribution in [-0.2, 0) is 0 Å². The van der Waals surface area contributed by atoms with Crippen molar-refractivity contribution >= 4 is 27.5 Å². The molecule has 1 fully saturated rings. The van der Waals surface area contributed by atoms with Gasteiger partial charge >= 0.3 is 0 Å². The Morgan fingerprint density at radius 2 is 2.22 bits per heavy atom. The molecule has 2 rings (SSSR count). The number of alkyl halides is 1. The lowest BCUT2D eigenvalue weighted by Gasteiger charge is -2.31. The summed E-state index contributed by atoms with van der Waals surface area (Å²) in [5.74, 6) is 2.36. The van der Waals surface area contributed by atoms with E-state index in [1.54, 1.807) is 0 Å². The molecule has 0 saturated heterocycles. The normalized spacial score (nSPS) is 28.1. The topological polar surface area (TPSA) is 9.23 Å². The lowest BCUT2D eigenvalue weighted by molar-refractivity contribution is 0.222. The van der Waals surface area contributed by atoms with E-state index >= 15 is 0 Å². The third-order valence-corrected chi connectivity index (χ3v) is 4.77. The monoisotopic (exact) mass is 330 g/mol. The molecule has 3 atom stereocenters. The highest BCUT2D eigenvalue weighted by molar-refractivity contribution is 9.10. The molecule has 1 aromatic rings. The van der Waals surface area contributed by atoms with Crippen molar-refractivity contribution in [2.75, 3.05) is 6.61 Å². The van der Waals surface area contributed by atoms with Gasteiger partial charge in [0, 0.05) is 9.85 Å². The average molecular weight is 332 g/mol. The third-order valence-electron chi connectivity index (χ3n) is 3.71. The number of hydrogen-bond donors (Lipinski definition) is 0. The molecule has 0 aliphatic heterocycles. The third kappa shape index (κ3) is 4.17. The molecule has 1 saturated carbocycles. The van der Waals surface area contributed by atoms with Crippen LogP contribution in [0.2, 0.25) is 0 Å². The van der Waals surface area contributed by atoms with Crippen LogP contribution in [0.3, 0.4) is 0 Å². The van der Waals surface area contributed by atoms with Gasteiger partial charge in [0.05, 0.1) is 6.61 Å². The Bertz CT molecular complexity index is 383. The maximum atomic E-state index is 6.39. The summed E-state index contributed by atoms with van der Waals surface area (Å²) in [6.45, 7) is 3.09. The van der Waals surface area contributed by atoms with Crippen molar-refractivity contribution in [3.05, 3.63) is 28.7 Å². The summed E-state index contributed by atoms with van der Waals surface area (Å²) in [5, 5.41) is 0.340. The highest BCUT2D eigenvalue weighted by Crippen LogP contribution is 2.34. The summed E-state index contributed by atoms with van der Waals surface area (Å²) in [7, 11) is 0. The Balaban J connectivity index is 1.77. The number of hydrogen-bond acceptors (Lipinski definition) is 1. The molecule has 3 unspecified atom stereocenters. The summed E-state index contributed by atoms with van der Waals surface area (Å²) in [5.41, 5.74) is 0. The SMILES string of the molecule is CC1CCC(Cl)C(CCOc2cccc(Br)c2)C1. The van der Waals surface area contributed by atoms with E-state index in [1.807, 2.05) is 24.3 Å². The first-order chi connectivity index (χ1) is 8.65. The van der Waals surface area contributed by atoms with E-state index < -0.39 is 0 Å². The lowest BCUT2D eigenvalue weighted by Crippen LogP contribution is -2.25. The molecule has 0 bridgehead atoms. The largest absolute Gasteiger partial charge is 0.494 e. The van der Waals surface area contributed by atoms with Gasteiger partial charge in [0.15, 0.2) is 0 Å². The summed E-state index contributed by atoms with van der Waals surface area (Å²) in [4.78, 5) is 0. The van der Waals surface area contributed by atoms with Crippen LogP contribution in [0, 0.1) is 11.8 Å². The predicted octanol–water partition coefficient (Wildman–Crippen LogP) is 5.26. The lowest BCUT2D eigenvalue weighted by atomic mass is 9.80. The highest BCUT2D eigenvalue weighted by atomic mass is 79.9. The highest BCUT2D eigenvalue weighted by Gasteiger charge is 2.26. The first-order valence-corrected chi connectivity index (χ1v) is 7.90. The minimum atomic E-state index is 0.340. The van der Waals surface area contributed by atoms with Crippen LogP contribution in [0.5, 0.6) is 5.75 Å². The molecule has 100 valence electrons. The standard InChI is InChI=1S/C15H20BrClO/c1-11-5-6-15(17)12(9-11)7-8-18-14-4-2-3-13(16)10-14/h2-4,10-12,15H,5-9H2,1H3. The average Bonchev–Trinajstić information content (AvgIpc) is 2.34. The van der Waals surface area contributed by atoms with Crippen molar-refractivity contribution in [3.8, 4) is 5.75 Å². The molecule has 1 aromatic carbocycles. The molecular formula is C15H20BrClO. The molecule has 1 nitrogen and oxygen atoms in total. The molecule has 0 aromatic heterocycles. The summed E-state index contributed by atoms with van der Waals surface area (Å²) >= 11 is 9.84. The fourth-order valence-electron chi connectivity index (χ4n) is 2.65. The molecule has 0 N–H and O–H groups in total. The zero-order chi connectivity index (χ0) is 13.0. The van der Waals surface area contributed by atoms with Crippen molar-refractivity contribution < 1.29 is 4.74 Å². The molecule has 0 radical (unpaired) electrons. The number of rotatable bonds is 4. The van der Waals surface area contributed by atoms with Crippen molar-refractivity contribution in [1.29, 1.82) is 0 Å². The van der Waals surface area contributed by atoms with Crippen LogP contribution < -0.4 is 4.74 Å². The van der Waals surface area contributed by atoms with Crippen LogP contribution in [0.1, 0.15) is 32.6 Å². The molecular weight excluding hydrogens is 312 g/mol. The van der Waals surface area contributed by atoms with E-state index in [0.29, 0.717) is 11.3 Å². The van der Waals surface area contributed by atoms with Gasteiger partial charge in [-0.05, 0) is 55.7 Å². The van der Waals surface area contributed by atoms with Gasteiger partial charge in [-0.1, -0.05) is 28.9 Å². The van der Waals surface area contributed by atoms with Gasteiger partial charge in [-0.2, -0.15) is 0 Å². The molecule has 1 aliphatic carbocycles. The summed E-state index contributed by atoms with van der Waals surface area (Å²) in [6.07, 6.45) is 4.74. The minimum absolute atomic E-state index is 0.340. The van der Waals surface area contributed by atoms with Crippen LogP contribution in [0.4, 0.5) is 0 Å². The number of ether oxygens (including phenoxy) is 1. The molecule has 3 heteroatoms. The van der Waals surface area contributed by atoms with Crippen LogP contribution in [-0.4, -0.2) is 12.0 Å². The Hall–Kier alpha value is -0.210. The number of halogens is 2. The Labute approximate surface area is 123 Å². The Kier molecular flexibility index (Phi) is 5.38. The fraction of sp³-hybridized carbons (Fsp3) is 0.600. The maximum absolute atomic E-state index is 6.39. The van der Waals surface area contributed by atoms with Crippen molar-refractivity contribution in [2.45, 2.75) is 38.0 Å². The second kappa shape index (κ2) is 6.81. The minimum Gasteiger partial charge on any atom is -0.494 e. The van der Waals surface area contributed by atoms with E-state index in [2.05, 4.69) is 22.9 Å². The van der Waals surface area contributed by atoms with Crippen molar-refractivity contribution in [1.82, 2.24) is 0 Å². The molecule has 1 aliphatic rings. The molecule has 0 heterocycles. The quantitative estimate of drug-likeness (QED) is 0.684. The van der Waals surface area contributed by atoms with Crippen LogP contribution in [0.25, 0.3) is 0 Å². The zero-order valence-electron chi connectivity index (χ0n) is 10.7. The summed E-state index contributed by atoms with van der Waals surface area (Å²) in [6, 6.07) is 7.99. The first-order valence-electron chi connectivity index (χ1n) is 6.67. The summed E-state index contributed by atoms with van der Waals surface area (Å²) < 4.78 is 6.84. The Morgan fingerprint density at radius 3 is 3.00 bits per heavy atom. The molecule has 18 heavy (non-hydrogen) atoms. The van der Waals surface area contributed by atoms with E-state index in [0.717, 1.165) is 35.6 Å². The van der Waals surface area contributed by atoms with Gasteiger partial charge in [-0.25, -0.2) is 0 Å². The van der Waals surface area contributed by atoms with Gasteiger partial charge in [-0.15, -0.1) is 11.6 Å². The number of benzene rings is 1. The van der Waals surface area contributed by atoms with E-state index in [-0.39, 0.29) is 0 Å². The van der Waals surface area contributed by atoms with Gasteiger partial charge in [0.1, 0.15) is 5.75 Å². The van der Waals surface area contributed by atoms with E-state index in [1.165, 1.54) is 12.8 Å². The maximum Gasteiger partial charge on any atom is 0.120 e. The smallest absolute Gasteiger partial charge is 0.120 e. The second-order valence-corrected chi connectivity index (χ2v) is 6.77. The van der Waals surface area contributed by atoms with Gasteiger partial charge in [-0.3, -0.25) is 0 Å². The first kappa shape index (κ1) is 14.2. The van der Waals surface area contributed by atoms with Gasteiger partial charge < -0.3 is 4.74 Å². The van der Waals surface area contributed by atoms with E-state index in [9.17, 15) is 0 Å². The predicted molar refractivity (Wildman–Crippen MR) is 80.4 cm³/mol. The second-order valence-electron chi connectivity index (χ2n) is 5.29. The molecule has 0 amide bonds. The van der Waals surface area contributed by atoms with Crippen LogP contribution in [0.15, 0.2) is 28.7 Å².